The van der Waals surface area contributed by atoms with Crippen molar-refractivity contribution in [2.24, 2.45) is 0 Å². The van der Waals surface area contributed by atoms with E-state index in [-0.39, 0.29) is 5.91 Å². The van der Waals surface area contributed by atoms with Gasteiger partial charge >= 0.3 is 0 Å². The number of aryl methyl sites for hydroxylation is 1. The smallest absolute Gasteiger partial charge is 0.241 e. The van der Waals surface area contributed by atoms with E-state index < -0.39 is 5.41 Å². The van der Waals surface area contributed by atoms with Crippen molar-refractivity contribution in [2.45, 2.75) is 12.3 Å². The molecule has 4 heteroatoms. The summed E-state index contributed by atoms with van der Waals surface area (Å²) in [7, 11) is 0. The third kappa shape index (κ3) is 1.13. The van der Waals surface area contributed by atoms with E-state index in [9.17, 15) is 4.79 Å². The molecular weight excluding hydrogens is 202 g/mol. The Labute approximate surface area is 93.8 Å². The number of rotatable bonds is 0. The average Bonchev–Trinajstić information content (AvgIpc) is 2.55. The number of nitrogens with one attached hydrogen (secondary N) is 2. The van der Waals surface area contributed by atoms with Gasteiger partial charge in [0.25, 0.3) is 0 Å². The first-order valence-corrected chi connectivity index (χ1v) is 5.39. The molecule has 0 aliphatic carbocycles. The number of carbonyl (C=O) groups excluding carboxylic acids is 1. The number of amides is 1. The molecule has 82 valence electrons. The lowest BCUT2D eigenvalue weighted by Crippen LogP contribution is -2.45. The van der Waals surface area contributed by atoms with E-state index in [1.165, 1.54) is 0 Å². The lowest BCUT2D eigenvalue weighted by Gasteiger charge is -2.27. The highest BCUT2D eigenvalue weighted by Gasteiger charge is 2.46. The summed E-state index contributed by atoms with van der Waals surface area (Å²) in [6, 6.07) is 2.04. The summed E-state index contributed by atoms with van der Waals surface area (Å²) in [5.41, 5.74) is 1.52. The number of hydrogen-bond donors (Lipinski definition) is 2. The van der Waals surface area contributed by atoms with Crippen LogP contribution in [0.15, 0.2) is 24.4 Å². The Hall–Kier alpha value is -1.68. The first-order valence-electron chi connectivity index (χ1n) is 5.39. The van der Waals surface area contributed by atoms with Crippen LogP contribution >= 0.6 is 0 Å². The van der Waals surface area contributed by atoms with E-state index in [4.69, 9.17) is 0 Å². The minimum atomic E-state index is -0.549. The van der Waals surface area contributed by atoms with Crippen molar-refractivity contribution >= 4 is 11.7 Å². The van der Waals surface area contributed by atoms with Gasteiger partial charge in [-0.3, -0.25) is 4.79 Å². The van der Waals surface area contributed by atoms with Crippen LogP contribution < -0.4 is 10.6 Å². The highest BCUT2D eigenvalue weighted by atomic mass is 16.2. The molecular formula is C12H13N3O. The van der Waals surface area contributed by atoms with Gasteiger partial charge < -0.3 is 10.6 Å². The standard InChI is InChI=1S/C12H13N3O/c1-8-5-9-10(14-6-8)15-11(16)12(9)3-2-4-13-7-12/h2-3,5-6,13H,4,7H2,1H3,(H,14,15,16)/t12-/m0/s1. The summed E-state index contributed by atoms with van der Waals surface area (Å²) in [6.45, 7) is 3.46. The van der Waals surface area contributed by atoms with Crippen molar-refractivity contribution in [3.05, 3.63) is 35.5 Å². The van der Waals surface area contributed by atoms with Gasteiger partial charge in [0.05, 0.1) is 0 Å². The summed E-state index contributed by atoms with van der Waals surface area (Å²) in [4.78, 5) is 16.3. The zero-order chi connectivity index (χ0) is 11.2. The molecule has 1 atom stereocenters. The van der Waals surface area contributed by atoms with E-state index in [2.05, 4.69) is 15.6 Å². The number of anilines is 1. The minimum Gasteiger partial charge on any atom is -0.312 e. The summed E-state index contributed by atoms with van der Waals surface area (Å²) >= 11 is 0. The third-order valence-electron chi connectivity index (χ3n) is 3.21. The lowest BCUT2D eigenvalue weighted by molar-refractivity contribution is -0.119. The molecule has 0 unspecified atom stereocenters. The monoisotopic (exact) mass is 215 g/mol. The van der Waals surface area contributed by atoms with Gasteiger partial charge in [-0.05, 0) is 18.6 Å². The maximum absolute atomic E-state index is 12.1. The molecule has 3 heterocycles. The van der Waals surface area contributed by atoms with Crippen molar-refractivity contribution in [2.75, 3.05) is 18.4 Å². The number of fused-ring (bicyclic) bond motifs is 2. The average molecular weight is 215 g/mol. The summed E-state index contributed by atoms with van der Waals surface area (Å²) in [5, 5.41) is 6.08. The second-order valence-corrected chi connectivity index (χ2v) is 4.37. The van der Waals surface area contributed by atoms with Crippen LogP contribution in [-0.2, 0) is 10.2 Å². The van der Waals surface area contributed by atoms with Crippen molar-refractivity contribution < 1.29 is 4.79 Å². The van der Waals surface area contributed by atoms with Gasteiger partial charge in [0, 0.05) is 24.8 Å². The molecule has 2 aliphatic rings. The molecule has 2 aliphatic heterocycles. The zero-order valence-corrected chi connectivity index (χ0v) is 9.08. The summed E-state index contributed by atoms with van der Waals surface area (Å²) in [6.07, 6.45) is 5.77. The van der Waals surface area contributed by atoms with Crippen molar-refractivity contribution in [3.8, 4) is 0 Å². The van der Waals surface area contributed by atoms with Crippen LogP contribution in [-0.4, -0.2) is 24.0 Å². The second kappa shape index (κ2) is 3.15. The van der Waals surface area contributed by atoms with Gasteiger partial charge in [-0.25, -0.2) is 4.98 Å². The fraction of sp³-hybridized carbons (Fsp3) is 0.333. The molecule has 3 rings (SSSR count). The van der Waals surface area contributed by atoms with Crippen LogP contribution in [0.1, 0.15) is 11.1 Å². The van der Waals surface area contributed by atoms with Gasteiger partial charge in [-0.15, -0.1) is 0 Å². The Morgan fingerprint density at radius 1 is 1.50 bits per heavy atom. The van der Waals surface area contributed by atoms with Crippen LogP contribution in [0.3, 0.4) is 0 Å². The zero-order valence-electron chi connectivity index (χ0n) is 9.08. The predicted octanol–water partition coefficient (Wildman–Crippen LogP) is 0.739. The fourth-order valence-corrected chi connectivity index (χ4v) is 2.36. The van der Waals surface area contributed by atoms with E-state index >= 15 is 0 Å². The first-order chi connectivity index (χ1) is 7.72. The van der Waals surface area contributed by atoms with Gasteiger partial charge in [0.2, 0.25) is 5.91 Å². The molecule has 0 fully saturated rings. The Morgan fingerprint density at radius 3 is 3.12 bits per heavy atom. The fourth-order valence-electron chi connectivity index (χ4n) is 2.36. The third-order valence-corrected chi connectivity index (χ3v) is 3.21. The number of pyridine rings is 1. The maximum atomic E-state index is 12.1. The lowest BCUT2D eigenvalue weighted by atomic mass is 9.80. The summed E-state index contributed by atoms with van der Waals surface area (Å²) < 4.78 is 0. The van der Waals surface area contributed by atoms with Crippen LogP contribution in [0.5, 0.6) is 0 Å². The molecule has 0 aromatic carbocycles. The maximum Gasteiger partial charge on any atom is 0.241 e. The molecule has 16 heavy (non-hydrogen) atoms. The van der Waals surface area contributed by atoms with Crippen LogP contribution in [0.25, 0.3) is 0 Å². The molecule has 0 saturated carbocycles. The van der Waals surface area contributed by atoms with Crippen molar-refractivity contribution in [1.82, 2.24) is 10.3 Å². The normalized spacial score (nSPS) is 26.9. The van der Waals surface area contributed by atoms with E-state index in [1.807, 2.05) is 25.1 Å². The van der Waals surface area contributed by atoms with Gasteiger partial charge in [-0.1, -0.05) is 12.2 Å². The van der Waals surface area contributed by atoms with Crippen LogP contribution in [0.4, 0.5) is 5.82 Å². The molecule has 1 spiro atoms. The molecule has 0 saturated heterocycles. The van der Waals surface area contributed by atoms with Gasteiger partial charge in [0.15, 0.2) is 0 Å². The quantitative estimate of drug-likeness (QED) is 0.628. The molecule has 1 aromatic rings. The number of nitrogens with zero attached hydrogens (tertiary/aromatic N) is 1. The minimum absolute atomic E-state index is 0.0176. The molecule has 1 aromatic heterocycles. The van der Waals surface area contributed by atoms with Crippen LogP contribution in [0, 0.1) is 6.92 Å². The number of hydrogen-bond acceptors (Lipinski definition) is 3. The second-order valence-electron chi connectivity index (χ2n) is 4.37. The Morgan fingerprint density at radius 2 is 2.38 bits per heavy atom. The molecule has 2 N–H and O–H groups in total. The molecule has 0 bridgehead atoms. The van der Waals surface area contributed by atoms with E-state index in [0.29, 0.717) is 12.4 Å². The Balaban J connectivity index is 2.21. The highest BCUT2D eigenvalue weighted by molar-refractivity contribution is 6.07. The SMILES string of the molecule is Cc1cnc2c(c1)[C@@]1(C=CCNC1)C(=O)N2. The Kier molecular flexibility index (Phi) is 1.88. The highest BCUT2D eigenvalue weighted by Crippen LogP contribution is 2.38. The number of aromatic nitrogens is 1. The van der Waals surface area contributed by atoms with Gasteiger partial charge in [0.1, 0.15) is 11.2 Å². The molecule has 1 amide bonds. The number of carbonyl (C=O) groups is 1. The topological polar surface area (TPSA) is 54.0 Å². The van der Waals surface area contributed by atoms with E-state index in [1.54, 1.807) is 6.20 Å². The van der Waals surface area contributed by atoms with E-state index in [0.717, 1.165) is 17.7 Å². The van der Waals surface area contributed by atoms with Gasteiger partial charge in [-0.2, -0.15) is 0 Å². The predicted molar refractivity (Wildman–Crippen MR) is 61.3 cm³/mol. The molecule has 0 radical (unpaired) electrons. The molecule has 4 nitrogen and oxygen atoms in total. The largest absolute Gasteiger partial charge is 0.312 e. The first kappa shape index (κ1) is 9.54. The Bertz CT molecular complexity index is 495. The van der Waals surface area contributed by atoms with Crippen molar-refractivity contribution in [1.29, 1.82) is 0 Å². The van der Waals surface area contributed by atoms with Crippen LogP contribution in [0.2, 0.25) is 0 Å². The van der Waals surface area contributed by atoms with Crippen molar-refractivity contribution in [3.63, 3.8) is 0 Å². The summed E-state index contributed by atoms with van der Waals surface area (Å²) in [5.74, 6) is 0.716.